The van der Waals surface area contributed by atoms with Crippen LogP contribution < -0.4 is 11.1 Å². The van der Waals surface area contributed by atoms with Gasteiger partial charge in [0.1, 0.15) is 11.6 Å². The smallest absolute Gasteiger partial charge is 0.260 e. The largest absolute Gasteiger partial charge is 0.399 e. The summed E-state index contributed by atoms with van der Waals surface area (Å²) in [5.41, 5.74) is 6.16. The molecule has 0 bridgehead atoms. The van der Waals surface area contributed by atoms with Crippen molar-refractivity contribution in [1.82, 2.24) is 9.36 Å². The molecule has 0 spiro atoms. The van der Waals surface area contributed by atoms with Gasteiger partial charge in [-0.2, -0.15) is 4.37 Å². The fraction of sp³-hybridized carbons (Fsp3) is 0.182. The molecule has 18 heavy (non-hydrogen) atoms. The fourth-order valence-electron chi connectivity index (χ4n) is 1.48. The third-order valence-corrected chi connectivity index (χ3v) is 2.99. The topological polar surface area (TPSA) is 80.9 Å². The molecule has 0 saturated carbocycles. The Morgan fingerprint density at radius 2 is 2.17 bits per heavy atom. The van der Waals surface area contributed by atoms with E-state index in [-0.39, 0.29) is 5.56 Å². The minimum absolute atomic E-state index is 0.0969. The Hall–Kier alpha value is -2.02. The number of aromatic nitrogens is 2. The van der Waals surface area contributed by atoms with Crippen LogP contribution >= 0.6 is 11.5 Å². The summed E-state index contributed by atoms with van der Waals surface area (Å²) in [6, 6.07) is 2.77. The molecule has 0 aliphatic carbocycles. The molecule has 7 heteroatoms. The minimum atomic E-state index is -0.584. The van der Waals surface area contributed by atoms with E-state index in [9.17, 15) is 9.18 Å². The molecule has 94 valence electrons. The van der Waals surface area contributed by atoms with E-state index in [1.54, 1.807) is 13.8 Å². The summed E-state index contributed by atoms with van der Waals surface area (Å²) in [4.78, 5) is 15.9. The van der Waals surface area contributed by atoms with Crippen molar-refractivity contribution in [1.29, 1.82) is 0 Å². The van der Waals surface area contributed by atoms with Gasteiger partial charge in [0.05, 0.1) is 5.56 Å². The van der Waals surface area contributed by atoms with Crippen LogP contribution in [0, 0.1) is 19.7 Å². The van der Waals surface area contributed by atoms with Gasteiger partial charge in [0.15, 0.2) is 0 Å². The third-order valence-electron chi connectivity index (χ3n) is 2.27. The molecule has 1 amide bonds. The Morgan fingerprint density at radius 3 is 2.78 bits per heavy atom. The summed E-state index contributed by atoms with van der Waals surface area (Å²) in [5, 5.41) is 2.82. The average molecular weight is 266 g/mol. The van der Waals surface area contributed by atoms with Gasteiger partial charge >= 0.3 is 0 Å². The highest BCUT2D eigenvalue weighted by Crippen LogP contribution is 2.19. The summed E-state index contributed by atoms with van der Waals surface area (Å²) in [6.07, 6.45) is 0. The van der Waals surface area contributed by atoms with Gasteiger partial charge in [-0.15, -0.1) is 0 Å². The highest BCUT2D eigenvalue weighted by molar-refractivity contribution is 7.09. The summed E-state index contributed by atoms with van der Waals surface area (Å²) in [5.74, 6) is -0.610. The molecule has 1 aromatic heterocycles. The number of nitrogens with one attached hydrogen (secondary N) is 1. The first-order chi connectivity index (χ1) is 8.47. The molecule has 0 radical (unpaired) electrons. The van der Waals surface area contributed by atoms with Crippen molar-refractivity contribution < 1.29 is 9.18 Å². The molecule has 0 unspecified atom stereocenters. The zero-order valence-electron chi connectivity index (χ0n) is 9.82. The van der Waals surface area contributed by atoms with Crippen molar-refractivity contribution in [2.45, 2.75) is 13.8 Å². The minimum Gasteiger partial charge on any atom is -0.399 e. The van der Waals surface area contributed by atoms with E-state index in [2.05, 4.69) is 14.7 Å². The number of anilines is 2. The lowest BCUT2D eigenvalue weighted by molar-refractivity contribution is 0.102. The van der Waals surface area contributed by atoms with Crippen molar-refractivity contribution in [2.24, 2.45) is 0 Å². The molecule has 3 N–H and O–H groups in total. The predicted molar refractivity (Wildman–Crippen MR) is 68.1 cm³/mol. The lowest BCUT2D eigenvalue weighted by Gasteiger charge is -2.06. The van der Waals surface area contributed by atoms with E-state index in [0.29, 0.717) is 22.2 Å². The van der Waals surface area contributed by atoms with Crippen LogP contribution in [0.5, 0.6) is 0 Å². The Labute approximate surface area is 107 Å². The SMILES string of the molecule is Cc1nsc(NC(=O)c2cc(N)cc(C)c2F)n1. The number of rotatable bonds is 2. The monoisotopic (exact) mass is 266 g/mol. The van der Waals surface area contributed by atoms with Gasteiger partial charge in [-0.3, -0.25) is 10.1 Å². The quantitative estimate of drug-likeness (QED) is 0.816. The number of carbonyl (C=O) groups excluding carboxylic acids is 1. The number of benzene rings is 1. The van der Waals surface area contributed by atoms with Crippen LogP contribution in [0.2, 0.25) is 0 Å². The zero-order valence-corrected chi connectivity index (χ0v) is 10.6. The maximum absolute atomic E-state index is 13.8. The second-order valence-electron chi connectivity index (χ2n) is 3.80. The molecular weight excluding hydrogens is 255 g/mol. The third kappa shape index (κ3) is 2.45. The number of carbonyl (C=O) groups is 1. The summed E-state index contributed by atoms with van der Waals surface area (Å²) in [6.45, 7) is 3.26. The van der Waals surface area contributed by atoms with Gasteiger partial charge in [0.25, 0.3) is 5.91 Å². The second kappa shape index (κ2) is 4.69. The van der Waals surface area contributed by atoms with E-state index in [0.717, 1.165) is 11.5 Å². The molecule has 5 nitrogen and oxygen atoms in total. The van der Waals surface area contributed by atoms with Crippen LogP contribution in [0.25, 0.3) is 0 Å². The van der Waals surface area contributed by atoms with Crippen molar-refractivity contribution in [3.8, 4) is 0 Å². The normalized spacial score (nSPS) is 10.4. The van der Waals surface area contributed by atoms with Gasteiger partial charge in [-0.25, -0.2) is 9.37 Å². The standard InChI is InChI=1S/C11H11FN4OS/c1-5-3-7(13)4-8(9(5)12)10(17)15-11-14-6(2)16-18-11/h3-4H,13H2,1-2H3,(H,14,15,16,17). The van der Waals surface area contributed by atoms with Crippen LogP contribution in [0.1, 0.15) is 21.7 Å². The molecule has 0 aliphatic rings. The van der Waals surface area contributed by atoms with E-state index < -0.39 is 11.7 Å². The average Bonchev–Trinajstić information content (AvgIpc) is 2.69. The number of hydrogen-bond donors (Lipinski definition) is 2. The number of nitrogens with two attached hydrogens (primary N) is 1. The van der Waals surface area contributed by atoms with Crippen LogP contribution in [-0.2, 0) is 0 Å². The second-order valence-corrected chi connectivity index (χ2v) is 4.55. The molecule has 1 aromatic carbocycles. The Balaban J connectivity index is 2.29. The molecular formula is C11H11FN4OS. The fourth-order valence-corrected chi connectivity index (χ4v) is 2.05. The Morgan fingerprint density at radius 1 is 1.44 bits per heavy atom. The van der Waals surface area contributed by atoms with E-state index in [1.807, 2.05) is 0 Å². The van der Waals surface area contributed by atoms with E-state index >= 15 is 0 Å². The summed E-state index contributed by atoms with van der Waals surface area (Å²) in [7, 11) is 0. The van der Waals surface area contributed by atoms with Gasteiger partial charge < -0.3 is 5.73 Å². The summed E-state index contributed by atoms with van der Waals surface area (Å²) >= 11 is 1.04. The molecule has 0 atom stereocenters. The molecule has 0 fully saturated rings. The number of amides is 1. The number of halogens is 1. The number of aryl methyl sites for hydroxylation is 2. The highest BCUT2D eigenvalue weighted by atomic mass is 32.1. The first-order valence-corrected chi connectivity index (χ1v) is 5.92. The van der Waals surface area contributed by atoms with Crippen LogP contribution in [0.4, 0.5) is 15.2 Å². The van der Waals surface area contributed by atoms with Gasteiger partial charge in [0.2, 0.25) is 5.13 Å². The zero-order chi connectivity index (χ0) is 13.3. The van der Waals surface area contributed by atoms with Crippen molar-refractivity contribution in [2.75, 3.05) is 11.1 Å². The molecule has 0 saturated heterocycles. The van der Waals surface area contributed by atoms with E-state index in [1.165, 1.54) is 12.1 Å². The molecule has 2 rings (SSSR count). The van der Waals surface area contributed by atoms with Crippen molar-refractivity contribution >= 4 is 28.3 Å². The van der Waals surface area contributed by atoms with Gasteiger partial charge in [-0.05, 0) is 31.5 Å². The first kappa shape index (κ1) is 12.4. The Bertz CT molecular complexity index is 611. The summed E-state index contributed by atoms with van der Waals surface area (Å²) < 4.78 is 17.7. The maximum Gasteiger partial charge on any atom is 0.260 e. The number of nitrogens with zero attached hydrogens (tertiary/aromatic N) is 2. The maximum atomic E-state index is 13.8. The molecule has 0 aliphatic heterocycles. The van der Waals surface area contributed by atoms with Crippen LogP contribution in [0.3, 0.4) is 0 Å². The lowest BCUT2D eigenvalue weighted by atomic mass is 10.1. The molecule has 1 heterocycles. The van der Waals surface area contributed by atoms with Gasteiger partial charge in [-0.1, -0.05) is 0 Å². The van der Waals surface area contributed by atoms with E-state index in [4.69, 9.17) is 5.73 Å². The van der Waals surface area contributed by atoms with Crippen molar-refractivity contribution in [3.05, 3.63) is 34.9 Å². The molecule has 2 aromatic rings. The Kier molecular flexibility index (Phi) is 3.24. The van der Waals surface area contributed by atoms with Crippen molar-refractivity contribution in [3.63, 3.8) is 0 Å². The van der Waals surface area contributed by atoms with Gasteiger partial charge in [0, 0.05) is 17.2 Å². The van der Waals surface area contributed by atoms with Crippen LogP contribution in [-0.4, -0.2) is 15.3 Å². The highest BCUT2D eigenvalue weighted by Gasteiger charge is 2.16. The number of hydrogen-bond acceptors (Lipinski definition) is 5. The van der Waals surface area contributed by atoms with Crippen LogP contribution in [0.15, 0.2) is 12.1 Å². The lowest BCUT2D eigenvalue weighted by Crippen LogP contribution is -2.14. The first-order valence-electron chi connectivity index (χ1n) is 5.14. The number of nitrogen functional groups attached to an aromatic ring is 1. The predicted octanol–water partition coefficient (Wildman–Crippen LogP) is 2.13.